The van der Waals surface area contributed by atoms with Crippen molar-refractivity contribution in [3.8, 4) is 0 Å². The monoisotopic (exact) mass is 433 g/mol. The number of hydrogen-bond donors (Lipinski definition) is 0. The summed E-state index contributed by atoms with van der Waals surface area (Å²) in [6.07, 6.45) is 6.10. The standard InChI is InChI=1S/C16H20INO3S/c1-13-7-9-15(10-8-13)22(20,21)18(16(19)11-17)12-14-5-3-2-4-6-14/h5,7-10H,2-4,6,11-12H2,1H3. The van der Waals surface area contributed by atoms with Gasteiger partial charge in [0.15, 0.2) is 0 Å². The molecule has 0 bridgehead atoms. The van der Waals surface area contributed by atoms with Crippen LogP contribution in [0.3, 0.4) is 0 Å². The molecule has 0 fully saturated rings. The number of halogens is 1. The highest BCUT2D eigenvalue weighted by Crippen LogP contribution is 2.23. The van der Waals surface area contributed by atoms with Crippen molar-refractivity contribution in [1.29, 1.82) is 0 Å². The highest BCUT2D eigenvalue weighted by molar-refractivity contribution is 14.1. The van der Waals surface area contributed by atoms with Crippen LogP contribution in [-0.2, 0) is 14.8 Å². The fourth-order valence-corrected chi connectivity index (χ4v) is 4.49. The lowest BCUT2D eigenvalue weighted by Gasteiger charge is -2.24. The molecule has 1 aliphatic rings. The lowest BCUT2D eigenvalue weighted by molar-refractivity contribution is -0.123. The van der Waals surface area contributed by atoms with Crippen LogP contribution in [0.15, 0.2) is 40.8 Å². The summed E-state index contributed by atoms with van der Waals surface area (Å²) in [6.45, 7) is 2.08. The second kappa shape index (κ2) is 7.59. The summed E-state index contributed by atoms with van der Waals surface area (Å²) in [7, 11) is -3.79. The Hall–Kier alpha value is -0.890. The molecule has 1 amide bonds. The summed E-state index contributed by atoms with van der Waals surface area (Å²) in [6, 6.07) is 6.62. The van der Waals surface area contributed by atoms with Crippen molar-refractivity contribution in [3.05, 3.63) is 41.5 Å². The van der Waals surface area contributed by atoms with Gasteiger partial charge in [-0.25, -0.2) is 12.7 Å². The Balaban J connectivity index is 2.33. The first-order valence-corrected chi connectivity index (χ1v) is 10.3. The Bertz CT molecular complexity index is 665. The van der Waals surface area contributed by atoms with Gasteiger partial charge < -0.3 is 0 Å². The first kappa shape index (κ1) is 17.5. The quantitative estimate of drug-likeness (QED) is 0.406. The van der Waals surface area contributed by atoms with Gasteiger partial charge in [0.25, 0.3) is 10.0 Å². The van der Waals surface area contributed by atoms with Crippen molar-refractivity contribution < 1.29 is 13.2 Å². The first-order chi connectivity index (χ1) is 10.4. The number of rotatable bonds is 5. The van der Waals surface area contributed by atoms with Gasteiger partial charge in [0.2, 0.25) is 5.91 Å². The highest BCUT2D eigenvalue weighted by atomic mass is 127. The van der Waals surface area contributed by atoms with Crippen molar-refractivity contribution in [2.45, 2.75) is 37.5 Å². The van der Waals surface area contributed by atoms with Crippen molar-refractivity contribution in [2.75, 3.05) is 11.0 Å². The number of amides is 1. The number of benzene rings is 1. The molecule has 1 aliphatic carbocycles. The molecule has 4 nitrogen and oxygen atoms in total. The molecule has 0 saturated heterocycles. The molecular formula is C16H20INO3S. The zero-order valence-electron chi connectivity index (χ0n) is 12.6. The summed E-state index contributed by atoms with van der Waals surface area (Å²) in [5.41, 5.74) is 2.03. The second-order valence-electron chi connectivity index (χ2n) is 5.46. The number of hydrogen-bond acceptors (Lipinski definition) is 3. The van der Waals surface area contributed by atoms with Gasteiger partial charge in [-0.1, -0.05) is 51.9 Å². The van der Waals surface area contributed by atoms with E-state index in [1.807, 2.05) is 29.5 Å². The van der Waals surface area contributed by atoms with E-state index in [1.54, 1.807) is 24.3 Å². The molecular weight excluding hydrogens is 413 g/mol. The molecule has 0 aromatic heterocycles. The van der Waals surface area contributed by atoms with Crippen LogP contribution in [0.5, 0.6) is 0 Å². The Morgan fingerprint density at radius 3 is 2.45 bits per heavy atom. The number of aryl methyl sites for hydroxylation is 1. The minimum atomic E-state index is -3.79. The summed E-state index contributed by atoms with van der Waals surface area (Å²) >= 11 is 1.91. The predicted octanol–water partition coefficient (Wildman–Crippen LogP) is 3.45. The van der Waals surface area contributed by atoms with Gasteiger partial charge in [-0.05, 0) is 44.7 Å². The van der Waals surface area contributed by atoms with Crippen LogP contribution >= 0.6 is 22.6 Å². The van der Waals surface area contributed by atoms with Crippen LogP contribution in [0.25, 0.3) is 0 Å². The fourth-order valence-electron chi connectivity index (χ4n) is 2.44. The van der Waals surface area contributed by atoms with Crippen molar-refractivity contribution >= 4 is 38.5 Å². The van der Waals surface area contributed by atoms with Gasteiger partial charge in [-0.2, -0.15) is 0 Å². The van der Waals surface area contributed by atoms with Crippen molar-refractivity contribution in [1.82, 2.24) is 4.31 Å². The van der Waals surface area contributed by atoms with E-state index >= 15 is 0 Å². The van der Waals surface area contributed by atoms with Crippen LogP contribution in [0.2, 0.25) is 0 Å². The highest BCUT2D eigenvalue weighted by Gasteiger charge is 2.29. The van der Waals surface area contributed by atoms with E-state index in [1.165, 1.54) is 0 Å². The van der Waals surface area contributed by atoms with E-state index < -0.39 is 10.0 Å². The molecule has 0 saturated carbocycles. The zero-order chi connectivity index (χ0) is 16.2. The van der Waals surface area contributed by atoms with Crippen LogP contribution < -0.4 is 0 Å². The van der Waals surface area contributed by atoms with E-state index in [0.29, 0.717) is 0 Å². The summed E-state index contributed by atoms with van der Waals surface area (Å²) < 4.78 is 26.8. The lowest BCUT2D eigenvalue weighted by atomic mass is 10.00. The summed E-state index contributed by atoms with van der Waals surface area (Å²) in [5, 5.41) is 0. The minimum absolute atomic E-state index is 0.149. The molecule has 0 atom stereocenters. The smallest absolute Gasteiger partial charge is 0.266 e. The molecule has 2 rings (SSSR count). The maximum absolute atomic E-state index is 12.8. The maximum Gasteiger partial charge on any atom is 0.266 e. The lowest BCUT2D eigenvalue weighted by Crippen LogP contribution is -2.39. The normalized spacial score (nSPS) is 15.3. The second-order valence-corrected chi connectivity index (χ2v) is 8.09. The molecule has 0 heterocycles. The average molecular weight is 433 g/mol. The number of allylic oxidation sites excluding steroid dienone is 1. The molecule has 22 heavy (non-hydrogen) atoms. The van der Waals surface area contributed by atoms with E-state index in [9.17, 15) is 13.2 Å². The Morgan fingerprint density at radius 1 is 1.23 bits per heavy atom. The molecule has 0 radical (unpaired) electrons. The van der Waals surface area contributed by atoms with Crippen molar-refractivity contribution in [3.63, 3.8) is 0 Å². The predicted molar refractivity (Wildman–Crippen MR) is 95.5 cm³/mol. The van der Waals surface area contributed by atoms with Crippen LogP contribution in [0.1, 0.15) is 31.2 Å². The van der Waals surface area contributed by atoms with Gasteiger partial charge in [0.05, 0.1) is 15.9 Å². The van der Waals surface area contributed by atoms with Gasteiger partial charge >= 0.3 is 0 Å². The molecule has 0 spiro atoms. The third-order valence-electron chi connectivity index (χ3n) is 3.73. The maximum atomic E-state index is 12.8. The van der Waals surface area contributed by atoms with E-state index in [2.05, 4.69) is 6.08 Å². The van der Waals surface area contributed by atoms with E-state index in [4.69, 9.17) is 0 Å². The fraction of sp³-hybridized carbons (Fsp3) is 0.438. The molecule has 1 aromatic carbocycles. The average Bonchev–Trinajstić information content (AvgIpc) is 2.53. The molecule has 1 aromatic rings. The van der Waals surface area contributed by atoms with E-state index in [0.717, 1.165) is 41.1 Å². The number of sulfonamides is 1. The van der Waals surface area contributed by atoms with Crippen LogP contribution in [0.4, 0.5) is 0 Å². The summed E-state index contributed by atoms with van der Waals surface area (Å²) in [4.78, 5) is 12.4. The summed E-state index contributed by atoms with van der Waals surface area (Å²) in [5.74, 6) is -0.368. The largest absolute Gasteiger partial charge is 0.273 e. The molecule has 0 unspecified atom stereocenters. The van der Waals surface area contributed by atoms with E-state index in [-0.39, 0.29) is 21.8 Å². The topological polar surface area (TPSA) is 54.5 Å². The Labute approximate surface area is 145 Å². The van der Waals surface area contributed by atoms with Gasteiger partial charge in [-0.15, -0.1) is 0 Å². The number of carbonyl (C=O) groups is 1. The Kier molecular flexibility index (Phi) is 6.02. The van der Waals surface area contributed by atoms with Crippen LogP contribution in [-0.4, -0.2) is 29.6 Å². The van der Waals surface area contributed by atoms with Gasteiger partial charge in [0.1, 0.15) is 0 Å². The van der Waals surface area contributed by atoms with Crippen molar-refractivity contribution in [2.24, 2.45) is 0 Å². The molecule has 120 valence electrons. The molecule has 6 heteroatoms. The molecule has 0 N–H and O–H groups in total. The SMILES string of the molecule is Cc1ccc(S(=O)(=O)N(CC2=CCCCC2)C(=O)CI)cc1. The van der Waals surface area contributed by atoms with Gasteiger partial charge in [0, 0.05) is 0 Å². The number of alkyl halides is 1. The Morgan fingerprint density at radius 2 is 1.91 bits per heavy atom. The molecule has 0 aliphatic heterocycles. The van der Waals surface area contributed by atoms with Crippen LogP contribution in [0, 0.1) is 6.92 Å². The zero-order valence-corrected chi connectivity index (χ0v) is 15.6. The number of carbonyl (C=O) groups excluding carboxylic acids is 1. The third kappa shape index (κ3) is 4.10. The number of nitrogens with zero attached hydrogens (tertiary/aromatic N) is 1. The third-order valence-corrected chi connectivity index (χ3v) is 6.17. The van der Waals surface area contributed by atoms with Gasteiger partial charge in [-0.3, -0.25) is 4.79 Å². The minimum Gasteiger partial charge on any atom is -0.273 e. The first-order valence-electron chi connectivity index (χ1n) is 7.31.